The molecule has 1 saturated heterocycles. The van der Waals surface area contributed by atoms with Crippen molar-refractivity contribution < 1.29 is 23.9 Å². The SMILES string of the molecule is CC1(c2ccc(NC(=O)OCc3ccc4c(c3)C(=O)N(C3CCC(=O)NC3=O)C4)nc2)CC1. The van der Waals surface area contributed by atoms with Gasteiger partial charge in [-0.1, -0.05) is 25.1 Å². The zero-order valence-corrected chi connectivity index (χ0v) is 18.2. The fraction of sp³-hybridized carbons (Fsp3) is 0.375. The Morgan fingerprint density at radius 1 is 1.24 bits per heavy atom. The second-order valence-corrected chi connectivity index (χ2v) is 9.09. The highest BCUT2D eigenvalue weighted by molar-refractivity contribution is 6.05. The Morgan fingerprint density at radius 2 is 2.06 bits per heavy atom. The smallest absolute Gasteiger partial charge is 0.413 e. The molecule has 0 spiro atoms. The number of anilines is 1. The van der Waals surface area contributed by atoms with E-state index in [1.807, 2.05) is 6.07 Å². The molecule has 2 aromatic rings. The molecule has 9 heteroatoms. The van der Waals surface area contributed by atoms with Crippen LogP contribution < -0.4 is 10.6 Å². The van der Waals surface area contributed by atoms with Crippen LogP contribution in [0.2, 0.25) is 0 Å². The number of benzene rings is 1. The van der Waals surface area contributed by atoms with Crippen LogP contribution >= 0.6 is 0 Å². The highest BCUT2D eigenvalue weighted by Crippen LogP contribution is 2.47. The number of rotatable bonds is 5. The van der Waals surface area contributed by atoms with Gasteiger partial charge in [0.1, 0.15) is 18.5 Å². The molecule has 1 aromatic heterocycles. The number of aromatic nitrogens is 1. The van der Waals surface area contributed by atoms with Gasteiger partial charge in [0.2, 0.25) is 11.8 Å². The normalized spacial score (nSPS) is 20.8. The summed E-state index contributed by atoms with van der Waals surface area (Å²) in [5, 5.41) is 4.90. The molecule has 5 rings (SSSR count). The van der Waals surface area contributed by atoms with E-state index in [4.69, 9.17) is 4.74 Å². The topological polar surface area (TPSA) is 118 Å². The molecule has 2 N–H and O–H groups in total. The van der Waals surface area contributed by atoms with Gasteiger partial charge in [-0.3, -0.25) is 25.0 Å². The average Bonchev–Trinajstić information content (AvgIpc) is 3.47. The number of fused-ring (bicyclic) bond motifs is 1. The molecule has 1 unspecified atom stereocenters. The largest absolute Gasteiger partial charge is 0.444 e. The van der Waals surface area contributed by atoms with E-state index in [-0.39, 0.29) is 30.3 Å². The van der Waals surface area contributed by atoms with E-state index in [0.717, 1.165) is 24.0 Å². The summed E-state index contributed by atoms with van der Waals surface area (Å²) in [4.78, 5) is 54.4. The third kappa shape index (κ3) is 4.18. The first-order valence-electron chi connectivity index (χ1n) is 11.0. The van der Waals surface area contributed by atoms with Crippen molar-refractivity contribution in [3.05, 3.63) is 58.8 Å². The van der Waals surface area contributed by atoms with Crippen molar-refractivity contribution in [1.82, 2.24) is 15.2 Å². The lowest BCUT2D eigenvalue weighted by atomic mass is 10.0. The quantitative estimate of drug-likeness (QED) is 0.679. The Kier molecular flexibility index (Phi) is 5.11. The van der Waals surface area contributed by atoms with E-state index >= 15 is 0 Å². The van der Waals surface area contributed by atoms with Gasteiger partial charge < -0.3 is 9.64 Å². The van der Waals surface area contributed by atoms with Gasteiger partial charge in [0.15, 0.2) is 0 Å². The molecule has 0 radical (unpaired) electrons. The number of ether oxygens (including phenoxy) is 1. The number of nitrogens with zero attached hydrogens (tertiary/aromatic N) is 2. The van der Waals surface area contributed by atoms with Crippen LogP contribution in [0, 0.1) is 0 Å². The molecular weight excluding hydrogens is 424 g/mol. The lowest BCUT2D eigenvalue weighted by molar-refractivity contribution is -0.136. The molecule has 1 saturated carbocycles. The van der Waals surface area contributed by atoms with E-state index in [1.165, 1.54) is 4.90 Å². The van der Waals surface area contributed by atoms with Gasteiger partial charge in [0.05, 0.1) is 0 Å². The maximum absolute atomic E-state index is 12.9. The summed E-state index contributed by atoms with van der Waals surface area (Å²) in [5.74, 6) is -0.613. The van der Waals surface area contributed by atoms with Gasteiger partial charge in [-0.2, -0.15) is 0 Å². The molecule has 1 atom stereocenters. The van der Waals surface area contributed by atoms with Crippen LogP contribution in [0.25, 0.3) is 0 Å². The second-order valence-electron chi connectivity index (χ2n) is 9.09. The lowest BCUT2D eigenvalue weighted by Crippen LogP contribution is -2.52. The summed E-state index contributed by atoms with van der Waals surface area (Å²) in [6.07, 6.45) is 3.97. The number of piperidine rings is 1. The number of carbonyl (C=O) groups excluding carboxylic acids is 4. The molecule has 3 heterocycles. The Hall–Kier alpha value is -3.75. The van der Waals surface area contributed by atoms with Crippen molar-refractivity contribution in [1.29, 1.82) is 0 Å². The number of hydrogen-bond donors (Lipinski definition) is 2. The summed E-state index contributed by atoms with van der Waals surface area (Å²) in [6, 6.07) is 8.34. The number of amides is 4. The number of nitrogens with one attached hydrogen (secondary N) is 2. The molecule has 3 aliphatic rings. The van der Waals surface area contributed by atoms with Gasteiger partial charge in [-0.05, 0) is 53.5 Å². The predicted octanol–water partition coefficient (Wildman–Crippen LogP) is 2.64. The fourth-order valence-corrected chi connectivity index (χ4v) is 4.28. The van der Waals surface area contributed by atoms with Crippen LogP contribution in [0.4, 0.5) is 10.6 Å². The Bertz CT molecular complexity index is 1160. The van der Waals surface area contributed by atoms with Gasteiger partial charge in [-0.25, -0.2) is 9.78 Å². The molecule has 2 aliphatic heterocycles. The highest BCUT2D eigenvalue weighted by atomic mass is 16.5. The molecule has 2 fully saturated rings. The Balaban J connectivity index is 1.18. The standard InChI is InChI=1S/C24H24N4O5/c1-24(8-9-24)16-4-6-19(25-11-16)26-23(32)33-13-14-2-3-15-12-28(22(31)17(15)10-14)18-5-7-20(29)27-21(18)30/h2-4,6,10-11,18H,5,7-9,12-13H2,1H3,(H,25,26,32)(H,27,29,30). The Labute approximate surface area is 190 Å². The number of carbonyl (C=O) groups is 4. The summed E-state index contributed by atoms with van der Waals surface area (Å²) in [7, 11) is 0. The molecule has 1 aliphatic carbocycles. The zero-order chi connectivity index (χ0) is 23.2. The van der Waals surface area contributed by atoms with Gasteiger partial charge in [0, 0.05) is 24.7 Å². The van der Waals surface area contributed by atoms with Gasteiger partial charge >= 0.3 is 6.09 Å². The molecule has 4 amide bonds. The maximum Gasteiger partial charge on any atom is 0.413 e. The maximum atomic E-state index is 12.9. The van der Waals surface area contributed by atoms with Crippen molar-refractivity contribution in [2.24, 2.45) is 0 Å². The third-order valence-corrected chi connectivity index (χ3v) is 6.65. The van der Waals surface area contributed by atoms with Crippen LogP contribution in [0.1, 0.15) is 59.7 Å². The molecule has 170 valence electrons. The molecule has 0 bridgehead atoms. The predicted molar refractivity (Wildman–Crippen MR) is 117 cm³/mol. The second kappa shape index (κ2) is 7.99. The van der Waals surface area contributed by atoms with Crippen LogP contribution in [-0.2, 0) is 32.9 Å². The van der Waals surface area contributed by atoms with Crippen LogP contribution in [0.3, 0.4) is 0 Å². The molecule has 33 heavy (non-hydrogen) atoms. The molecular formula is C24H24N4O5. The zero-order valence-electron chi connectivity index (χ0n) is 18.2. The first kappa shape index (κ1) is 21.1. The first-order chi connectivity index (χ1) is 15.8. The number of hydrogen-bond acceptors (Lipinski definition) is 6. The van der Waals surface area contributed by atoms with Crippen LogP contribution in [-0.4, -0.2) is 39.7 Å². The van der Waals surface area contributed by atoms with E-state index in [0.29, 0.717) is 29.9 Å². The van der Waals surface area contributed by atoms with E-state index in [2.05, 4.69) is 22.5 Å². The summed E-state index contributed by atoms with van der Waals surface area (Å²) < 4.78 is 5.29. The van der Waals surface area contributed by atoms with Crippen LogP contribution in [0.15, 0.2) is 36.5 Å². The van der Waals surface area contributed by atoms with Gasteiger partial charge in [0.25, 0.3) is 5.91 Å². The minimum absolute atomic E-state index is 0.0129. The van der Waals surface area contributed by atoms with Crippen molar-refractivity contribution in [2.45, 2.75) is 57.2 Å². The lowest BCUT2D eigenvalue weighted by Gasteiger charge is -2.29. The first-order valence-corrected chi connectivity index (χ1v) is 11.0. The monoisotopic (exact) mass is 448 g/mol. The van der Waals surface area contributed by atoms with E-state index in [1.54, 1.807) is 30.5 Å². The number of imide groups is 1. The fourth-order valence-electron chi connectivity index (χ4n) is 4.28. The molecule has 1 aromatic carbocycles. The minimum atomic E-state index is -0.658. The van der Waals surface area contributed by atoms with Crippen molar-refractivity contribution >= 4 is 29.6 Å². The van der Waals surface area contributed by atoms with Crippen molar-refractivity contribution in [3.8, 4) is 0 Å². The van der Waals surface area contributed by atoms with E-state index < -0.39 is 18.0 Å². The molecule has 9 nitrogen and oxygen atoms in total. The average molecular weight is 448 g/mol. The third-order valence-electron chi connectivity index (χ3n) is 6.65. The minimum Gasteiger partial charge on any atom is -0.444 e. The summed E-state index contributed by atoms with van der Waals surface area (Å²) in [6.45, 7) is 2.49. The van der Waals surface area contributed by atoms with Crippen LogP contribution in [0.5, 0.6) is 0 Å². The summed E-state index contributed by atoms with van der Waals surface area (Å²) >= 11 is 0. The highest BCUT2D eigenvalue weighted by Gasteiger charge is 2.40. The van der Waals surface area contributed by atoms with Crippen molar-refractivity contribution in [3.63, 3.8) is 0 Å². The van der Waals surface area contributed by atoms with Crippen molar-refractivity contribution in [2.75, 3.05) is 5.32 Å². The van der Waals surface area contributed by atoms with Gasteiger partial charge in [-0.15, -0.1) is 0 Å². The van der Waals surface area contributed by atoms with E-state index in [9.17, 15) is 19.2 Å². The number of pyridine rings is 1. The summed E-state index contributed by atoms with van der Waals surface area (Å²) in [5.41, 5.74) is 3.31. The Morgan fingerprint density at radius 3 is 2.76 bits per heavy atom.